The lowest BCUT2D eigenvalue weighted by Crippen LogP contribution is -2.36. The van der Waals surface area contributed by atoms with E-state index in [9.17, 15) is 0 Å². The second-order valence-corrected chi connectivity index (χ2v) is 9.15. The van der Waals surface area contributed by atoms with E-state index in [1.165, 1.54) is 5.56 Å². The lowest BCUT2D eigenvalue weighted by molar-refractivity contribution is 0.302. The maximum atomic E-state index is 4.88. The van der Waals surface area contributed by atoms with Gasteiger partial charge in [-0.25, -0.2) is 4.98 Å². The lowest BCUT2D eigenvalue weighted by atomic mass is 9.82. The van der Waals surface area contributed by atoms with Gasteiger partial charge in [-0.15, -0.1) is 0 Å². The highest BCUT2D eigenvalue weighted by molar-refractivity contribution is 5.75. The van der Waals surface area contributed by atoms with E-state index in [-0.39, 0.29) is 11.0 Å². The van der Waals surface area contributed by atoms with Crippen LogP contribution in [0.2, 0.25) is 0 Å². The van der Waals surface area contributed by atoms with Crippen molar-refractivity contribution in [3.05, 3.63) is 47.8 Å². The number of hydrogen-bond donors (Lipinski definition) is 1. The Hall–Kier alpha value is -2.36. The normalized spacial score (nSPS) is 12.6. The second-order valence-electron chi connectivity index (χ2n) is 9.15. The smallest absolute Gasteiger partial charge is 0.140 e. The van der Waals surface area contributed by atoms with Gasteiger partial charge in [0.05, 0.1) is 5.69 Å². The van der Waals surface area contributed by atoms with Crippen molar-refractivity contribution in [1.29, 1.82) is 0 Å². The topological polar surface area (TPSA) is 42.2 Å². The van der Waals surface area contributed by atoms with Gasteiger partial charge in [0.25, 0.3) is 0 Å². The Morgan fingerprint density at radius 1 is 0.962 bits per heavy atom. The Bertz CT molecular complexity index is 929. The Balaban J connectivity index is 2.15. The van der Waals surface area contributed by atoms with Crippen molar-refractivity contribution in [3.8, 4) is 11.4 Å². The molecule has 0 saturated heterocycles. The van der Waals surface area contributed by atoms with Gasteiger partial charge < -0.3 is 5.32 Å². The Kier molecular flexibility index (Phi) is 4.55. The molecule has 0 amide bonds. The third kappa shape index (κ3) is 4.06. The molecule has 0 atom stereocenters. The van der Waals surface area contributed by atoms with Crippen LogP contribution in [0.25, 0.3) is 17.0 Å². The molecule has 0 saturated carbocycles. The van der Waals surface area contributed by atoms with Crippen LogP contribution in [0.15, 0.2) is 36.5 Å². The molecule has 0 spiro atoms. The summed E-state index contributed by atoms with van der Waals surface area (Å²) < 4.78 is 2.15. The van der Waals surface area contributed by atoms with Crippen LogP contribution in [-0.4, -0.2) is 19.9 Å². The second kappa shape index (κ2) is 6.42. The van der Waals surface area contributed by atoms with Crippen molar-refractivity contribution < 1.29 is 0 Å². The summed E-state index contributed by atoms with van der Waals surface area (Å²) in [5.74, 6) is 1.01. The maximum absolute atomic E-state index is 4.88. The quantitative estimate of drug-likeness (QED) is 0.662. The zero-order valence-electron chi connectivity index (χ0n) is 17.0. The minimum Gasteiger partial charge on any atom is -0.364 e. The molecule has 0 unspecified atom stereocenters. The molecule has 26 heavy (non-hydrogen) atoms. The molecule has 138 valence electrons. The highest BCUT2D eigenvalue weighted by Crippen LogP contribution is 2.34. The standard InChI is InChI=1S/C22H30N4/c1-15-11-12-18-24-19(17-10-8-9-16(2)23-17)20(26(18)13-15)25-22(6,7)14-21(3,4)5/h8-13,25H,14H2,1-7H3. The third-order valence-corrected chi connectivity index (χ3v) is 4.33. The van der Waals surface area contributed by atoms with Crippen LogP contribution >= 0.6 is 0 Å². The summed E-state index contributed by atoms with van der Waals surface area (Å²) >= 11 is 0. The largest absolute Gasteiger partial charge is 0.364 e. The minimum atomic E-state index is -0.0729. The average molecular weight is 351 g/mol. The van der Waals surface area contributed by atoms with E-state index >= 15 is 0 Å². The number of aromatic nitrogens is 3. The van der Waals surface area contributed by atoms with Crippen molar-refractivity contribution in [3.63, 3.8) is 0 Å². The van der Waals surface area contributed by atoms with Crippen molar-refractivity contribution in [1.82, 2.24) is 14.4 Å². The van der Waals surface area contributed by atoms with E-state index in [1.807, 2.05) is 25.1 Å². The molecule has 3 heterocycles. The number of fused-ring (bicyclic) bond motifs is 1. The molecule has 1 N–H and O–H groups in total. The highest BCUT2D eigenvalue weighted by Gasteiger charge is 2.28. The fraction of sp³-hybridized carbons (Fsp3) is 0.455. The first-order valence-electron chi connectivity index (χ1n) is 9.25. The monoisotopic (exact) mass is 350 g/mol. The van der Waals surface area contributed by atoms with Gasteiger partial charge in [0.15, 0.2) is 0 Å². The first kappa shape index (κ1) is 18.4. The van der Waals surface area contributed by atoms with Crippen LogP contribution in [-0.2, 0) is 0 Å². The van der Waals surface area contributed by atoms with Crippen LogP contribution in [0.5, 0.6) is 0 Å². The van der Waals surface area contributed by atoms with Crippen LogP contribution in [0.3, 0.4) is 0 Å². The van der Waals surface area contributed by atoms with Gasteiger partial charge in [0, 0.05) is 17.4 Å². The number of aryl methyl sites for hydroxylation is 2. The minimum absolute atomic E-state index is 0.0729. The van der Waals surface area contributed by atoms with Crippen molar-refractivity contribution >= 4 is 11.5 Å². The van der Waals surface area contributed by atoms with Crippen molar-refractivity contribution in [2.24, 2.45) is 5.41 Å². The predicted molar refractivity (Wildman–Crippen MR) is 110 cm³/mol. The first-order chi connectivity index (χ1) is 12.0. The van der Waals surface area contributed by atoms with Gasteiger partial charge >= 0.3 is 0 Å². The molecular weight excluding hydrogens is 320 g/mol. The summed E-state index contributed by atoms with van der Waals surface area (Å²) in [5, 5.41) is 3.77. The molecule has 3 rings (SSSR count). The first-order valence-corrected chi connectivity index (χ1v) is 9.25. The zero-order chi connectivity index (χ0) is 19.1. The number of anilines is 1. The van der Waals surface area contributed by atoms with Crippen LogP contribution < -0.4 is 5.32 Å². The number of hydrogen-bond acceptors (Lipinski definition) is 3. The molecule has 0 aliphatic rings. The van der Waals surface area contributed by atoms with E-state index in [0.29, 0.717) is 0 Å². The van der Waals surface area contributed by atoms with Gasteiger partial charge in [0.2, 0.25) is 0 Å². The van der Waals surface area contributed by atoms with Gasteiger partial charge in [-0.3, -0.25) is 9.38 Å². The van der Waals surface area contributed by atoms with Gasteiger partial charge in [-0.05, 0) is 63.3 Å². The molecule has 4 nitrogen and oxygen atoms in total. The maximum Gasteiger partial charge on any atom is 0.140 e. The van der Waals surface area contributed by atoms with Crippen LogP contribution in [0, 0.1) is 19.3 Å². The predicted octanol–water partition coefficient (Wildman–Crippen LogP) is 5.64. The number of rotatable bonds is 4. The average Bonchev–Trinajstić information content (AvgIpc) is 2.82. The third-order valence-electron chi connectivity index (χ3n) is 4.33. The molecular formula is C22H30N4. The number of nitrogens with zero attached hydrogens (tertiary/aromatic N) is 3. The van der Waals surface area contributed by atoms with Gasteiger partial charge in [0.1, 0.15) is 17.2 Å². The van der Waals surface area contributed by atoms with Gasteiger partial charge in [-0.2, -0.15) is 0 Å². The molecule has 3 aromatic rings. The molecule has 0 fully saturated rings. The summed E-state index contributed by atoms with van der Waals surface area (Å²) in [6, 6.07) is 10.2. The summed E-state index contributed by atoms with van der Waals surface area (Å²) in [6.45, 7) is 15.4. The Morgan fingerprint density at radius 2 is 1.69 bits per heavy atom. The summed E-state index contributed by atoms with van der Waals surface area (Å²) in [5.41, 5.74) is 5.10. The zero-order valence-corrected chi connectivity index (χ0v) is 17.0. The van der Waals surface area contributed by atoms with E-state index in [2.05, 4.69) is 69.6 Å². The number of imidazole rings is 1. The number of pyridine rings is 2. The lowest BCUT2D eigenvalue weighted by Gasteiger charge is -2.34. The van der Waals surface area contributed by atoms with E-state index in [1.54, 1.807) is 0 Å². The molecule has 3 aromatic heterocycles. The Morgan fingerprint density at radius 3 is 2.35 bits per heavy atom. The van der Waals surface area contributed by atoms with Gasteiger partial charge in [-0.1, -0.05) is 32.9 Å². The molecule has 0 aliphatic heterocycles. The fourth-order valence-electron chi connectivity index (χ4n) is 3.81. The van der Waals surface area contributed by atoms with E-state index < -0.39 is 0 Å². The summed E-state index contributed by atoms with van der Waals surface area (Å²) in [4.78, 5) is 9.59. The number of nitrogens with one attached hydrogen (secondary N) is 1. The van der Waals surface area contributed by atoms with Crippen LogP contribution in [0.4, 0.5) is 5.82 Å². The summed E-state index contributed by atoms with van der Waals surface area (Å²) in [6.07, 6.45) is 3.18. The molecule has 0 aliphatic carbocycles. The molecule has 0 aromatic carbocycles. The Labute approximate surface area is 156 Å². The summed E-state index contributed by atoms with van der Waals surface area (Å²) in [7, 11) is 0. The van der Waals surface area contributed by atoms with E-state index in [0.717, 1.165) is 35.0 Å². The SMILES string of the molecule is Cc1ccc2nc(-c3cccc(C)n3)c(NC(C)(C)CC(C)(C)C)n2c1. The van der Waals surface area contributed by atoms with Crippen molar-refractivity contribution in [2.45, 2.75) is 60.4 Å². The highest BCUT2D eigenvalue weighted by atomic mass is 15.2. The van der Waals surface area contributed by atoms with Crippen molar-refractivity contribution in [2.75, 3.05) is 5.32 Å². The molecule has 0 radical (unpaired) electrons. The molecule has 4 heteroatoms. The molecule has 0 bridgehead atoms. The van der Waals surface area contributed by atoms with Crippen LogP contribution in [0.1, 0.15) is 52.3 Å². The fourth-order valence-corrected chi connectivity index (χ4v) is 3.81. The van der Waals surface area contributed by atoms with E-state index in [4.69, 9.17) is 9.97 Å².